The molecule has 2 aromatic carbocycles. The predicted molar refractivity (Wildman–Crippen MR) is 75.1 cm³/mol. The Balaban J connectivity index is 2.25. The molecule has 2 N–H and O–H groups in total. The third kappa shape index (κ3) is 3.32. The van der Waals surface area contributed by atoms with Crippen molar-refractivity contribution in [2.75, 3.05) is 6.54 Å². The zero-order valence-corrected chi connectivity index (χ0v) is 11.2. The Morgan fingerprint density at radius 3 is 2.47 bits per heavy atom. The van der Waals surface area contributed by atoms with Gasteiger partial charge in [0.15, 0.2) is 0 Å². The van der Waals surface area contributed by atoms with Crippen molar-refractivity contribution in [2.24, 2.45) is 5.73 Å². The third-order valence-electron chi connectivity index (χ3n) is 3.04. The molecule has 0 bridgehead atoms. The molecule has 0 unspecified atom stereocenters. The van der Waals surface area contributed by atoms with Crippen LogP contribution in [0.1, 0.15) is 16.7 Å². The van der Waals surface area contributed by atoms with Crippen molar-refractivity contribution >= 4 is 0 Å². The van der Waals surface area contributed by atoms with Crippen LogP contribution in [0.5, 0.6) is 11.5 Å². The van der Waals surface area contributed by atoms with Gasteiger partial charge in [0.2, 0.25) is 0 Å². The van der Waals surface area contributed by atoms with Crippen molar-refractivity contribution in [1.29, 1.82) is 0 Å². The summed E-state index contributed by atoms with van der Waals surface area (Å²) in [6.45, 7) is 4.50. The predicted octanol–water partition coefficient (Wildman–Crippen LogP) is 3.74. The van der Waals surface area contributed by atoms with E-state index in [1.54, 1.807) is 6.07 Å². The normalized spacial score (nSPS) is 10.5. The standard InChI is InChI=1S/C16H18FNO/c1-11-3-5-14(17)10-16(11)19-15-6-4-13(7-8-18)9-12(15)2/h3-6,9-10H,7-8,18H2,1-2H3. The van der Waals surface area contributed by atoms with E-state index in [0.29, 0.717) is 12.3 Å². The molecule has 0 spiro atoms. The highest BCUT2D eigenvalue weighted by atomic mass is 19.1. The summed E-state index contributed by atoms with van der Waals surface area (Å²) >= 11 is 0. The van der Waals surface area contributed by atoms with Crippen LogP contribution in [0.3, 0.4) is 0 Å². The molecule has 0 aliphatic carbocycles. The van der Waals surface area contributed by atoms with E-state index in [4.69, 9.17) is 10.5 Å². The van der Waals surface area contributed by atoms with Gasteiger partial charge in [-0.1, -0.05) is 18.2 Å². The van der Waals surface area contributed by atoms with E-state index in [9.17, 15) is 4.39 Å². The Hall–Kier alpha value is -1.87. The third-order valence-corrected chi connectivity index (χ3v) is 3.04. The fourth-order valence-electron chi connectivity index (χ4n) is 1.95. The molecule has 0 saturated carbocycles. The summed E-state index contributed by atoms with van der Waals surface area (Å²) in [4.78, 5) is 0. The van der Waals surface area contributed by atoms with Crippen LogP contribution in [0, 0.1) is 19.7 Å². The number of halogens is 1. The molecule has 0 aliphatic rings. The quantitative estimate of drug-likeness (QED) is 0.907. The number of ether oxygens (including phenoxy) is 1. The summed E-state index contributed by atoms with van der Waals surface area (Å²) in [5.74, 6) is 1.00. The second-order valence-electron chi connectivity index (χ2n) is 4.65. The van der Waals surface area contributed by atoms with Crippen molar-refractivity contribution in [3.63, 3.8) is 0 Å². The maximum absolute atomic E-state index is 13.2. The molecule has 0 heterocycles. The van der Waals surface area contributed by atoms with E-state index < -0.39 is 0 Å². The molecule has 3 heteroatoms. The fourth-order valence-corrected chi connectivity index (χ4v) is 1.95. The smallest absolute Gasteiger partial charge is 0.133 e. The van der Waals surface area contributed by atoms with Crippen LogP contribution in [-0.2, 0) is 6.42 Å². The average molecular weight is 259 g/mol. The van der Waals surface area contributed by atoms with Crippen molar-refractivity contribution in [1.82, 2.24) is 0 Å². The van der Waals surface area contributed by atoms with Crippen molar-refractivity contribution in [3.05, 3.63) is 58.9 Å². The maximum atomic E-state index is 13.2. The highest BCUT2D eigenvalue weighted by Gasteiger charge is 2.06. The maximum Gasteiger partial charge on any atom is 0.133 e. The Bertz CT molecular complexity index is 581. The minimum atomic E-state index is -0.294. The van der Waals surface area contributed by atoms with Gasteiger partial charge in [-0.3, -0.25) is 0 Å². The molecule has 0 aliphatic heterocycles. The molecular formula is C16H18FNO. The molecular weight excluding hydrogens is 241 g/mol. The van der Waals surface area contributed by atoms with Gasteiger partial charge in [-0.15, -0.1) is 0 Å². The lowest BCUT2D eigenvalue weighted by Gasteiger charge is -2.12. The average Bonchev–Trinajstić information content (AvgIpc) is 2.37. The summed E-state index contributed by atoms with van der Waals surface area (Å²) in [5.41, 5.74) is 8.65. The second kappa shape index (κ2) is 5.85. The first-order valence-corrected chi connectivity index (χ1v) is 6.34. The van der Waals surface area contributed by atoms with E-state index >= 15 is 0 Å². The number of nitrogens with two attached hydrogens (primary N) is 1. The van der Waals surface area contributed by atoms with Gasteiger partial charge in [0, 0.05) is 6.07 Å². The van der Waals surface area contributed by atoms with Gasteiger partial charge in [0.25, 0.3) is 0 Å². The first kappa shape index (κ1) is 13.6. The summed E-state index contributed by atoms with van der Waals surface area (Å²) < 4.78 is 19.0. The van der Waals surface area contributed by atoms with E-state index in [0.717, 1.165) is 23.3 Å². The molecule has 2 nitrogen and oxygen atoms in total. The number of hydrogen-bond donors (Lipinski definition) is 1. The van der Waals surface area contributed by atoms with Gasteiger partial charge in [-0.2, -0.15) is 0 Å². The van der Waals surface area contributed by atoms with Crippen molar-refractivity contribution in [2.45, 2.75) is 20.3 Å². The van der Waals surface area contributed by atoms with Crippen molar-refractivity contribution in [3.8, 4) is 11.5 Å². The molecule has 0 saturated heterocycles. The van der Waals surface area contributed by atoms with E-state index in [1.807, 2.05) is 26.0 Å². The minimum Gasteiger partial charge on any atom is -0.457 e. The highest BCUT2D eigenvalue weighted by molar-refractivity contribution is 5.42. The Kier molecular flexibility index (Phi) is 4.17. The van der Waals surface area contributed by atoms with Crippen LogP contribution in [0.15, 0.2) is 36.4 Å². The zero-order chi connectivity index (χ0) is 13.8. The highest BCUT2D eigenvalue weighted by Crippen LogP contribution is 2.28. The minimum absolute atomic E-state index is 0.294. The first-order chi connectivity index (χ1) is 9.10. The molecule has 2 aromatic rings. The van der Waals surface area contributed by atoms with E-state index in [2.05, 4.69) is 6.07 Å². The lowest BCUT2D eigenvalue weighted by molar-refractivity contribution is 0.469. The van der Waals surface area contributed by atoms with E-state index in [-0.39, 0.29) is 5.82 Å². The van der Waals surface area contributed by atoms with Gasteiger partial charge in [0.05, 0.1) is 0 Å². The van der Waals surface area contributed by atoms with Crippen LogP contribution in [0.25, 0.3) is 0 Å². The van der Waals surface area contributed by atoms with Crippen LogP contribution in [-0.4, -0.2) is 6.54 Å². The van der Waals surface area contributed by atoms with Gasteiger partial charge in [-0.25, -0.2) is 4.39 Å². The number of hydrogen-bond acceptors (Lipinski definition) is 2. The molecule has 0 fully saturated rings. The number of rotatable bonds is 4. The lowest BCUT2D eigenvalue weighted by atomic mass is 10.1. The molecule has 19 heavy (non-hydrogen) atoms. The number of aryl methyl sites for hydroxylation is 2. The Morgan fingerprint density at radius 1 is 1.00 bits per heavy atom. The topological polar surface area (TPSA) is 35.2 Å². The van der Waals surface area contributed by atoms with Crippen LogP contribution >= 0.6 is 0 Å². The zero-order valence-electron chi connectivity index (χ0n) is 11.2. The van der Waals surface area contributed by atoms with Gasteiger partial charge >= 0.3 is 0 Å². The molecule has 100 valence electrons. The summed E-state index contributed by atoms with van der Waals surface area (Å²) in [6, 6.07) is 10.5. The number of benzene rings is 2. The molecule has 0 aromatic heterocycles. The fraction of sp³-hybridized carbons (Fsp3) is 0.250. The monoisotopic (exact) mass is 259 g/mol. The molecule has 0 radical (unpaired) electrons. The van der Waals surface area contributed by atoms with Gasteiger partial charge in [0.1, 0.15) is 17.3 Å². The summed E-state index contributed by atoms with van der Waals surface area (Å²) in [5, 5.41) is 0. The van der Waals surface area contributed by atoms with Crippen LogP contribution in [0.4, 0.5) is 4.39 Å². The Labute approximate surface area is 113 Å². The van der Waals surface area contributed by atoms with Gasteiger partial charge < -0.3 is 10.5 Å². The van der Waals surface area contributed by atoms with Gasteiger partial charge in [-0.05, 0) is 55.6 Å². The lowest BCUT2D eigenvalue weighted by Crippen LogP contribution is -2.03. The Morgan fingerprint density at radius 2 is 1.79 bits per heavy atom. The summed E-state index contributed by atoms with van der Waals surface area (Å²) in [6.07, 6.45) is 0.847. The van der Waals surface area contributed by atoms with E-state index in [1.165, 1.54) is 17.7 Å². The molecule has 2 rings (SSSR count). The van der Waals surface area contributed by atoms with Crippen molar-refractivity contribution < 1.29 is 9.13 Å². The first-order valence-electron chi connectivity index (χ1n) is 6.34. The van der Waals surface area contributed by atoms with Crippen LogP contribution < -0.4 is 10.5 Å². The summed E-state index contributed by atoms with van der Waals surface area (Å²) in [7, 11) is 0. The molecule has 0 amide bonds. The SMILES string of the molecule is Cc1cc(CCN)ccc1Oc1cc(F)ccc1C. The molecule has 0 atom stereocenters. The largest absolute Gasteiger partial charge is 0.457 e. The second-order valence-corrected chi connectivity index (χ2v) is 4.65. The van der Waals surface area contributed by atoms with Crippen LogP contribution in [0.2, 0.25) is 0 Å².